The van der Waals surface area contributed by atoms with Crippen molar-refractivity contribution in [3.05, 3.63) is 53.6 Å². The van der Waals surface area contributed by atoms with Crippen molar-refractivity contribution in [2.24, 2.45) is 0 Å². The van der Waals surface area contributed by atoms with Gasteiger partial charge in [0.2, 0.25) is 15.9 Å². The third-order valence-electron chi connectivity index (χ3n) is 5.66. The van der Waals surface area contributed by atoms with Crippen LogP contribution in [0.2, 0.25) is 0 Å². The van der Waals surface area contributed by atoms with Gasteiger partial charge in [-0.25, -0.2) is 17.2 Å². The Morgan fingerprint density at radius 2 is 1.75 bits per heavy atom. The largest absolute Gasteiger partial charge is 0.370 e. The molecule has 0 spiro atoms. The quantitative estimate of drug-likeness (QED) is 0.604. The van der Waals surface area contributed by atoms with E-state index in [-0.39, 0.29) is 23.3 Å². The Morgan fingerprint density at radius 1 is 1.06 bits per heavy atom. The van der Waals surface area contributed by atoms with Gasteiger partial charge < -0.3 is 10.2 Å². The number of sulfonamides is 1. The van der Waals surface area contributed by atoms with E-state index in [4.69, 9.17) is 0 Å². The van der Waals surface area contributed by atoms with Crippen LogP contribution in [0.15, 0.2) is 41.3 Å². The molecule has 174 valence electrons. The standard InChI is InChI=1S/C23H29F2N3O3S/c1-3-28(4-2)32(30,31)19-9-11-22(27-13-5-6-14-27)21(16-19)26-23(29)12-7-17-15-18(24)8-10-20(17)25/h8-11,15-16H,3-7,12-14H2,1-2H3,(H,26,29). The van der Waals surface area contributed by atoms with Crippen molar-refractivity contribution in [2.75, 3.05) is 36.4 Å². The van der Waals surface area contributed by atoms with E-state index in [9.17, 15) is 22.0 Å². The summed E-state index contributed by atoms with van der Waals surface area (Å²) in [7, 11) is -3.69. The molecule has 3 rings (SSSR count). The maximum atomic E-state index is 13.9. The number of aryl methyl sites for hydroxylation is 1. The molecule has 2 aromatic carbocycles. The first kappa shape index (κ1) is 24.1. The molecular formula is C23H29F2N3O3S. The summed E-state index contributed by atoms with van der Waals surface area (Å²) in [6.45, 7) is 5.86. The molecule has 9 heteroatoms. The number of hydrogen-bond donors (Lipinski definition) is 1. The van der Waals surface area contributed by atoms with Crippen molar-refractivity contribution < 1.29 is 22.0 Å². The van der Waals surface area contributed by atoms with Crippen LogP contribution in [-0.2, 0) is 21.2 Å². The molecule has 1 fully saturated rings. The molecule has 6 nitrogen and oxygen atoms in total. The molecule has 0 saturated carbocycles. The van der Waals surface area contributed by atoms with Gasteiger partial charge in [-0.3, -0.25) is 4.79 Å². The van der Waals surface area contributed by atoms with Crippen LogP contribution >= 0.6 is 0 Å². The average molecular weight is 466 g/mol. The van der Waals surface area contributed by atoms with Gasteiger partial charge in [-0.1, -0.05) is 13.8 Å². The highest BCUT2D eigenvalue weighted by molar-refractivity contribution is 7.89. The Kier molecular flexibility index (Phi) is 7.84. The Hall–Kier alpha value is -2.52. The SMILES string of the molecule is CCN(CC)S(=O)(=O)c1ccc(N2CCCC2)c(NC(=O)CCc2cc(F)ccc2F)c1. The van der Waals surface area contributed by atoms with Gasteiger partial charge in [0.25, 0.3) is 0 Å². The van der Waals surface area contributed by atoms with Gasteiger partial charge in [-0.15, -0.1) is 0 Å². The molecule has 2 aromatic rings. The van der Waals surface area contributed by atoms with Crippen LogP contribution in [0.3, 0.4) is 0 Å². The zero-order chi connectivity index (χ0) is 23.3. The second-order valence-corrected chi connectivity index (χ2v) is 9.68. The van der Waals surface area contributed by atoms with E-state index in [1.54, 1.807) is 26.0 Å². The summed E-state index contributed by atoms with van der Waals surface area (Å²) in [5.74, 6) is -1.52. The van der Waals surface area contributed by atoms with Crippen molar-refractivity contribution in [1.29, 1.82) is 0 Å². The molecule has 1 saturated heterocycles. The lowest BCUT2D eigenvalue weighted by atomic mass is 10.1. The predicted molar refractivity (Wildman–Crippen MR) is 121 cm³/mol. The van der Waals surface area contributed by atoms with Crippen LogP contribution in [0, 0.1) is 11.6 Å². The van der Waals surface area contributed by atoms with Crippen LogP contribution < -0.4 is 10.2 Å². The Balaban J connectivity index is 1.85. The van der Waals surface area contributed by atoms with Gasteiger partial charge in [0.05, 0.1) is 16.3 Å². The van der Waals surface area contributed by atoms with E-state index in [2.05, 4.69) is 10.2 Å². The van der Waals surface area contributed by atoms with Crippen LogP contribution in [-0.4, -0.2) is 44.8 Å². The first-order valence-corrected chi connectivity index (χ1v) is 12.3. The Morgan fingerprint density at radius 3 is 2.41 bits per heavy atom. The number of anilines is 2. The number of nitrogens with zero attached hydrogens (tertiary/aromatic N) is 2. The van der Waals surface area contributed by atoms with Gasteiger partial charge in [0, 0.05) is 32.6 Å². The summed E-state index contributed by atoms with van der Waals surface area (Å²) in [5.41, 5.74) is 1.29. The molecular weight excluding hydrogens is 436 g/mol. The number of halogens is 2. The number of carbonyl (C=O) groups excluding carboxylic acids is 1. The van der Waals surface area contributed by atoms with Gasteiger partial charge >= 0.3 is 0 Å². The number of rotatable bonds is 9. The topological polar surface area (TPSA) is 69.7 Å². The molecule has 1 aliphatic heterocycles. The predicted octanol–water partition coefficient (Wildman–Crippen LogP) is 4.17. The smallest absolute Gasteiger partial charge is 0.243 e. The number of nitrogens with one attached hydrogen (secondary N) is 1. The highest BCUT2D eigenvalue weighted by Crippen LogP contribution is 2.32. The summed E-state index contributed by atoms with van der Waals surface area (Å²) in [5, 5.41) is 2.80. The molecule has 1 amide bonds. The van der Waals surface area contributed by atoms with Crippen LogP contribution in [0.4, 0.5) is 20.2 Å². The lowest BCUT2D eigenvalue weighted by Gasteiger charge is -2.24. The first-order valence-electron chi connectivity index (χ1n) is 10.9. The fourth-order valence-corrected chi connectivity index (χ4v) is 5.40. The van der Waals surface area contributed by atoms with E-state index in [0.29, 0.717) is 18.8 Å². The van der Waals surface area contributed by atoms with Gasteiger partial charge in [0.1, 0.15) is 11.6 Å². The van der Waals surface area contributed by atoms with Crippen LogP contribution in [0.1, 0.15) is 38.7 Å². The summed E-state index contributed by atoms with van der Waals surface area (Å²) < 4.78 is 54.5. The molecule has 0 unspecified atom stereocenters. The van der Waals surface area contributed by atoms with Crippen LogP contribution in [0.25, 0.3) is 0 Å². The third kappa shape index (κ3) is 5.45. The summed E-state index contributed by atoms with van der Waals surface area (Å²) in [6, 6.07) is 7.93. The third-order valence-corrected chi connectivity index (χ3v) is 7.71. The maximum Gasteiger partial charge on any atom is 0.243 e. The van der Waals surface area contributed by atoms with Gasteiger partial charge in [-0.2, -0.15) is 4.31 Å². The molecule has 32 heavy (non-hydrogen) atoms. The minimum Gasteiger partial charge on any atom is -0.370 e. The van der Waals surface area contributed by atoms with Crippen molar-refractivity contribution in [3.63, 3.8) is 0 Å². The van der Waals surface area contributed by atoms with E-state index in [1.165, 1.54) is 10.4 Å². The second-order valence-electron chi connectivity index (χ2n) is 7.75. The van der Waals surface area contributed by atoms with Crippen molar-refractivity contribution in [1.82, 2.24) is 4.31 Å². The van der Waals surface area contributed by atoms with E-state index in [1.807, 2.05) is 0 Å². The normalized spacial score (nSPS) is 14.2. The maximum absolute atomic E-state index is 13.9. The number of amides is 1. The minimum absolute atomic E-state index is 0.0336. The molecule has 1 N–H and O–H groups in total. The number of carbonyl (C=O) groups is 1. The molecule has 0 radical (unpaired) electrons. The molecule has 0 aliphatic carbocycles. The lowest BCUT2D eigenvalue weighted by Crippen LogP contribution is -2.31. The van der Waals surface area contributed by atoms with E-state index >= 15 is 0 Å². The fraction of sp³-hybridized carbons (Fsp3) is 0.435. The average Bonchev–Trinajstić information content (AvgIpc) is 3.29. The zero-order valence-electron chi connectivity index (χ0n) is 18.4. The summed E-state index contributed by atoms with van der Waals surface area (Å²) in [4.78, 5) is 14.9. The number of benzene rings is 2. The zero-order valence-corrected chi connectivity index (χ0v) is 19.2. The first-order chi connectivity index (χ1) is 15.3. The van der Waals surface area contributed by atoms with Gasteiger partial charge in [-0.05, 0) is 61.2 Å². The van der Waals surface area contributed by atoms with Crippen molar-refractivity contribution in [3.8, 4) is 0 Å². The molecule has 1 heterocycles. The molecule has 1 aliphatic rings. The fourth-order valence-electron chi connectivity index (χ4n) is 3.92. The van der Waals surface area contributed by atoms with Gasteiger partial charge in [0.15, 0.2) is 0 Å². The minimum atomic E-state index is -3.69. The monoisotopic (exact) mass is 465 g/mol. The summed E-state index contributed by atoms with van der Waals surface area (Å²) in [6.07, 6.45) is 2.01. The van der Waals surface area contributed by atoms with Crippen molar-refractivity contribution in [2.45, 2.75) is 44.4 Å². The van der Waals surface area contributed by atoms with E-state index < -0.39 is 27.6 Å². The lowest BCUT2D eigenvalue weighted by molar-refractivity contribution is -0.116. The van der Waals surface area contributed by atoms with Crippen molar-refractivity contribution >= 4 is 27.3 Å². The molecule has 0 aromatic heterocycles. The Labute approximate surface area is 188 Å². The second kappa shape index (κ2) is 10.4. The number of hydrogen-bond acceptors (Lipinski definition) is 4. The Bertz CT molecular complexity index is 1070. The highest BCUT2D eigenvalue weighted by Gasteiger charge is 2.25. The highest BCUT2D eigenvalue weighted by atomic mass is 32.2. The van der Waals surface area contributed by atoms with Crippen LogP contribution in [0.5, 0.6) is 0 Å². The molecule has 0 atom stereocenters. The summed E-state index contributed by atoms with van der Waals surface area (Å²) >= 11 is 0. The van der Waals surface area contributed by atoms with E-state index in [0.717, 1.165) is 49.8 Å². The molecule has 0 bridgehead atoms.